The van der Waals surface area contributed by atoms with Crippen LogP contribution in [0.4, 0.5) is 5.69 Å². The summed E-state index contributed by atoms with van der Waals surface area (Å²) in [6.45, 7) is 1.76. The molecule has 1 N–H and O–H groups in total. The summed E-state index contributed by atoms with van der Waals surface area (Å²) in [5.41, 5.74) is 6.51. The molecule has 0 saturated carbocycles. The van der Waals surface area contributed by atoms with Crippen molar-refractivity contribution < 1.29 is 5.11 Å². The van der Waals surface area contributed by atoms with Gasteiger partial charge in [0, 0.05) is 29.9 Å². The van der Waals surface area contributed by atoms with Crippen molar-refractivity contribution >= 4 is 16.7 Å². The molecule has 28 heavy (non-hydrogen) atoms. The van der Waals surface area contributed by atoms with E-state index in [1.807, 2.05) is 41.1 Å². The third kappa shape index (κ3) is 2.84. The Hall–Kier alpha value is -3.18. The Morgan fingerprint density at radius 1 is 0.929 bits per heavy atom. The molecule has 2 heterocycles. The van der Waals surface area contributed by atoms with Gasteiger partial charge in [-0.05, 0) is 24.1 Å². The molecule has 1 unspecified atom stereocenters. The maximum absolute atomic E-state index is 10.0. The molecule has 5 nitrogen and oxygen atoms in total. The van der Waals surface area contributed by atoms with Crippen LogP contribution in [0, 0.1) is 0 Å². The first-order valence-corrected chi connectivity index (χ1v) is 9.66. The smallest absolute Gasteiger partial charge is 0.113 e. The van der Waals surface area contributed by atoms with Crippen molar-refractivity contribution in [2.24, 2.45) is 0 Å². The molecule has 1 aromatic heterocycles. The zero-order valence-corrected chi connectivity index (χ0v) is 15.6. The quantitative estimate of drug-likeness (QED) is 0.591. The Balaban J connectivity index is 1.60. The van der Waals surface area contributed by atoms with Gasteiger partial charge >= 0.3 is 0 Å². The van der Waals surface area contributed by atoms with Crippen molar-refractivity contribution in [2.45, 2.75) is 25.6 Å². The van der Waals surface area contributed by atoms with Gasteiger partial charge in [0.1, 0.15) is 5.52 Å². The van der Waals surface area contributed by atoms with Crippen molar-refractivity contribution in [2.75, 3.05) is 11.4 Å². The minimum atomic E-state index is 0.0271. The van der Waals surface area contributed by atoms with E-state index in [9.17, 15) is 5.11 Å². The van der Waals surface area contributed by atoms with Crippen LogP contribution in [-0.2, 0) is 13.2 Å². The highest BCUT2D eigenvalue weighted by molar-refractivity contribution is 5.74. The van der Waals surface area contributed by atoms with Crippen molar-refractivity contribution in [1.29, 1.82) is 0 Å². The van der Waals surface area contributed by atoms with Gasteiger partial charge in [-0.2, -0.15) is 0 Å². The molecule has 140 valence electrons. The standard InChI is InChI=1S/C23H22N4O/c28-16-18-9-6-10-19-21(27-22-12-5-4-11-20(22)24-25-27)13-14-26(23(18)19)15-17-7-2-1-3-8-17/h1-12,21,28H,13-16H2. The van der Waals surface area contributed by atoms with E-state index >= 15 is 0 Å². The minimum Gasteiger partial charge on any atom is -0.392 e. The van der Waals surface area contributed by atoms with Crippen molar-refractivity contribution in [1.82, 2.24) is 15.0 Å². The zero-order chi connectivity index (χ0) is 18.9. The van der Waals surface area contributed by atoms with Gasteiger partial charge in [-0.1, -0.05) is 65.9 Å². The molecule has 0 saturated heterocycles. The number of nitrogens with zero attached hydrogens (tertiary/aromatic N) is 4. The number of aliphatic hydroxyl groups excluding tert-OH is 1. The molecule has 4 aromatic rings. The number of anilines is 1. The first-order chi connectivity index (χ1) is 13.8. The number of aromatic nitrogens is 3. The molecule has 5 rings (SSSR count). The number of aliphatic hydroxyl groups is 1. The lowest BCUT2D eigenvalue weighted by atomic mass is 9.93. The molecule has 1 aliphatic heterocycles. The molecule has 1 aliphatic rings. The van der Waals surface area contributed by atoms with E-state index in [2.05, 4.69) is 51.6 Å². The highest BCUT2D eigenvalue weighted by atomic mass is 16.3. The van der Waals surface area contributed by atoms with Gasteiger partial charge in [0.05, 0.1) is 18.2 Å². The van der Waals surface area contributed by atoms with E-state index in [1.165, 1.54) is 11.1 Å². The van der Waals surface area contributed by atoms with Gasteiger partial charge in [-0.3, -0.25) is 0 Å². The van der Waals surface area contributed by atoms with Gasteiger partial charge in [0.25, 0.3) is 0 Å². The van der Waals surface area contributed by atoms with Crippen molar-refractivity contribution in [3.63, 3.8) is 0 Å². The van der Waals surface area contributed by atoms with Crippen LogP contribution in [0.2, 0.25) is 0 Å². The average molecular weight is 370 g/mol. The molecule has 3 aromatic carbocycles. The molecular formula is C23H22N4O. The second kappa shape index (κ2) is 7.09. The maximum atomic E-state index is 10.0. The lowest BCUT2D eigenvalue weighted by Gasteiger charge is -2.37. The minimum absolute atomic E-state index is 0.0271. The molecule has 1 atom stereocenters. The SMILES string of the molecule is OCc1cccc2c1N(Cc1ccccc1)CCC2n1nnc2ccccc21. The third-order valence-corrected chi connectivity index (χ3v) is 5.56. The second-order valence-corrected chi connectivity index (χ2v) is 7.25. The van der Waals surface area contributed by atoms with Gasteiger partial charge in [0.15, 0.2) is 0 Å². The number of hydrogen-bond donors (Lipinski definition) is 1. The first-order valence-electron chi connectivity index (χ1n) is 9.66. The summed E-state index contributed by atoms with van der Waals surface area (Å²) in [6.07, 6.45) is 0.946. The molecule has 0 amide bonds. The first kappa shape index (κ1) is 17.0. The fraction of sp³-hybridized carbons (Fsp3) is 0.217. The Bertz CT molecular complexity index is 1110. The Morgan fingerprint density at radius 2 is 1.75 bits per heavy atom. The fourth-order valence-electron chi connectivity index (χ4n) is 4.27. The van der Waals surface area contributed by atoms with Crippen LogP contribution in [-0.4, -0.2) is 26.6 Å². The van der Waals surface area contributed by atoms with Crippen LogP contribution in [0.3, 0.4) is 0 Å². The lowest BCUT2D eigenvalue weighted by molar-refractivity contribution is 0.281. The van der Waals surface area contributed by atoms with Crippen LogP contribution in [0.15, 0.2) is 72.8 Å². The summed E-state index contributed by atoms with van der Waals surface area (Å²) in [5, 5.41) is 18.8. The van der Waals surface area contributed by atoms with E-state index < -0.39 is 0 Å². The number of para-hydroxylation sites is 2. The Labute approximate surface area is 163 Å². The lowest BCUT2D eigenvalue weighted by Crippen LogP contribution is -2.34. The number of hydrogen-bond acceptors (Lipinski definition) is 4. The normalized spacial score (nSPS) is 16.3. The number of benzene rings is 3. The van der Waals surface area contributed by atoms with E-state index in [1.54, 1.807) is 0 Å². The fourth-order valence-corrected chi connectivity index (χ4v) is 4.27. The molecule has 0 radical (unpaired) electrons. The summed E-state index contributed by atoms with van der Waals surface area (Å²) in [4.78, 5) is 2.38. The maximum Gasteiger partial charge on any atom is 0.113 e. The summed E-state index contributed by atoms with van der Waals surface area (Å²) in [5.74, 6) is 0. The molecule has 0 aliphatic carbocycles. The van der Waals surface area contributed by atoms with Crippen LogP contribution in [0.1, 0.15) is 29.2 Å². The number of fused-ring (bicyclic) bond motifs is 2. The van der Waals surface area contributed by atoms with E-state index in [0.717, 1.165) is 41.8 Å². The van der Waals surface area contributed by atoms with Crippen LogP contribution in [0.25, 0.3) is 11.0 Å². The predicted molar refractivity (Wildman–Crippen MR) is 110 cm³/mol. The van der Waals surface area contributed by atoms with Crippen LogP contribution in [0.5, 0.6) is 0 Å². The average Bonchev–Trinajstić information content (AvgIpc) is 3.18. The third-order valence-electron chi connectivity index (χ3n) is 5.56. The van der Waals surface area contributed by atoms with Gasteiger partial charge in [0.2, 0.25) is 0 Å². The zero-order valence-electron chi connectivity index (χ0n) is 15.6. The molecule has 5 heteroatoms. The highest BCUT2D eigenvalue weighted by Crippen LogP contribution is 2.40. The molecule has 0 bridgehead atoms. The van der Waals surface area contributed by atoms with Crippen molar-refractivity contribution in [3.05, 3.63) is 89.5 Å². The topological polar surface area (TPSA) is 54.2 Å². The van der Waals surface area contributed by atoms with Gasteiger partial charge < -0.3 is 10.0 Å². The van der Waals surface area contributed by atoms with Crippen LogP contribution < -0.4 is 4.90 Å². The second-order valence-electron chi connectivity index (χ2n) is 7.25. The van der Waals surface area contributed by atoms with Gasteiger partial charge in [-0.25, -0.2) is 4.68 Å². The summed E-state index contributed by atoms with van der Waals surface area (Å²) in [7, 11) is 0. The van der Waals surface area contributed by atoms with E-state index in [-0.39, 0.29) is 12.6 Å². The molecule has 0 fully saturated rings. The molecule has 0 spiro atoms. The Kier molecular flexibility index (Phi) is 4.29. The predicted octanol–water partition coefficient (Wildman–Crippen LogP) is 3.92. The Morgan fingerprint density at radius 3 is 2.61 bits per heavy atom. The summed E-state index contributed by atoms with van der Waals surface area (Å²) < 4.78 is 2.04. The number of rotatable bonds is 4. The van der Waals surface area contributed by atoms with E-state index in [0.29, 0.717) is 0 Å². The van der Waals surface area contributed by atoms with E-state index in [4.69, 9.17) is 0 Å². The monoisotopic (exact) mass is 370 g/mol. The van der Waals surface area contributed by atoms with Crippen LogP contribution >= 0.6 is 0 Å². The summed E-state index contributed by atoms with van der Waals surface area (Å²) >= 11 is 0. The highest BCUT2D eigenvalue weighted by Gasteiger charge is 2.29. The van der Waals surface area contributed by atoms with Gasteiger partial charge in [-0.15, -0.1) is 5.10 Å². The summed E-state index contributed by atoms with van der Waals surface area (Å²) in [6, 6.07) is 24.9. The largest absolute Gasteiger partial charge is 0.392 e. The molecular weight excluding hydrogens is 348 g/mol. The van der Waals surface area contributed by atoms with Crippen molar-refractivity contribution in [3.8, 4) is 0 Å².